The molecule has 2 rings (SSSR count). The Kier molecular flexibility index (Phi) is 5.28. The summed E-state index contributed by atoms with van der Waals surface area (Å²) in [5.41, 5.74) is 1.34. The third kappa shape index (κ3) is 3.52. The molecule has 0 saturated heterocycles. The Morgan fingerprint density at radius 1 is 1.18 bits per heavy atom. The van der Waals surface area contributed by atoms with Crippen molar-refractivity contribution in [2.45, 2.75) is 12.3 Å². The number of halogens is 1. The molecule has 1 unspecified atom stereocenters. The van der Waals surface area contributed by atoms with Crippen LogP contribution in [0.4, 0.5) is 0 Å². The van der Waals surface area contributed by atoms with Crippen molar-refractivity contribution in [3.63, 3.8) is 0 Å². The number of hydrogen-bond donors (Lipinski definition) is 1. The van der Waals surface area contributed by atoms with Gasteiger partial charge in [-0.1, -0.05) is 29.8 Å². The molecule has 1 atom stereocenters. The van der Waals surface area contributed by atoms with Gasteiger partial charge in [0, 0.05) is 10.6 Å². The van der Waals surface area contributed by atoms with Gasteiger partial charge in [0.2, 0.25) is 0 Å². The highest BCUT2D eigenvalue weighted by molar-refractivity contribution is 6.31. The van der Waals surface area contributed by atoms with E-state index in [4.69, 9.17) is 21.1 Å². The number of carbonyl (C=O) groups is 1. The highest BCUT2D eigenvalue weighted by atomic mass is 35.5. The van der Waals surface area contributed by atoms with Crippen LogP contribution in [-0.2, 0) is 11.2 Å². The largest absolute Gasteiger partial charge is 0.497 e. The zero-order valence-electron chi connectivity index (χ0n) is 12.4. The minimum absolute atomic E-state index is 0.276. The molecule has 0 heterocycles. The van der Waals surface area contributed by atoms with Crippen LogP contribution in [-0.4, -0.2) is 25.3 Å². The number of methoxy groups -OCH3 is 2. The quantitative estimate of drug-likeness (QED) is 0.880. The van der Waals surface area contributed by atoms with Gasteiger partial charge >= 0.3 is 5.97 Å². The molecule has 0 amide bonds. The molecule has 0 aliphatic heterocycles. The van der Waals surface area contributed by atoms with Crippen LogP contribution in [0, 0.1) is 0 Å². The average molecular weight is 321 g/mol. The van der Waals surface area contributed by atoms with Crippen molar-refractivity contribution in [1.29, 1.82) is 0 Å². The molecule has 5 heteroatoms. The number of ether oxygens (including phenoxy) is 2. The van der Waals surface area contributed by atoms with Gasteiger partial charge in [0.15, 0.2) is 0 Å². The van der Waals surface area contributed by atoms with Gasteiger partial charge in [-0.2, -0.15) is 0 Å². The molecule has 0 saturated carbocycles. The van der Waals surface area contributed by atoms with Crippen LogP contribution in [0.15, 0.2) is 42.5 Å². The van der Waals surface area contributed by atoms with Crippen molar-refractivity contribution < 1.29 is 19.4 Å². The number of rotatable bonds is 6. The molecule has 0 radical (unpaired) electrons. The van der Waals surface area contributed by atoms with Crippen LogP contribution >= 0.6 is 11.6 Å². The first-order valence-corrected chi connectivity index (χ1v) is 7.12. The molecule has 0 bridgehead atoms. The second-order valence-corrected chi connectivity index (χ2v) is 5.20. The second-order valence-electron chi connectivity index (χ2n) is 4.79. The normalized spacial score (nSPS) is 11.8. The lowest BCUT2D eigenvalue weighted by molar-refractivity contribution is -0.138. The molecule has 0 aliphatic carbocycles. The van der Waals surface area contributed by atoms with Crippen molar-refractivity contribution in [2.24, 2.45) is 0 Å². The molecule has 2 aromatic carbocycles. The van der Waals surface area contributed by atoms with Gasteiger partial charge in [-0.15, -0.1) is 0 Å². The maximum atomic E-state index is 11.7. The first-order chi connectivity index (χ1) is 10.6. The summed E-state index contributed by atoms with van der Waals surface area (Å²) in [5.74, 6) is -0.613. The summed E-state index contributed by atoms with van der Waals surface area (Å²) in [4.78, 5) is 11.7. The maximum absolute atomic E-state index is 11.7. The summed E-state index contributed by atoms with van der Waals surface area (Å²) in [7, 11) is 3.05. The summed E-state index contributed by atoms with van der Waals surface area (Å²) < 4.78 is 10.5. The second kappa shape index (κ2) is 7.18. The molecule has 116 valence electrons. The van der Waals surface area contributed by atoms with E-state index in [1.54, 1.807) is 24.3 Å². The average Bonchev–Trinajstić information content (AvgIpc) is 2.53. The topological polar surface area (TPSA) is 55.8 Å². The third-order valence-electron chi connectivity index (χ3n) is 3.49. The smallest absolute Gasteiger partial charge is 0.311 e. The van der Waals surface area contributed by atoms with Crippen molar-refractivity contribution in [2.75, 3.05) is 14.2 Å². The number of carboxylic acid groups (broad SMARTS) is 1. The Labute approximate surface area is 134 Å². The highest BCUT2D eigenvalue weighted by Crippen LogP contribution is 2.34. The van der Waals surface area contributed by atoms with E-state index in [-0.39, 0.29) is 6.42 Å². The van der Waals surface area contributed by atoms with E-state index in [0.717, 1.165) is 5.56 Å². The van der Waals surface area contributed by atoms with Crippen molar-refractivity contribution in [1.82, 2.24) is 0 Å². The SMILES string of the molecule is COc1ccc(OC)c(C(Cc2ccccc2Cl)C(=O)O)c1. The third-order valence-corrected chi connectivity index (χ3v) is 3.86. The number of aliphatic carboxylic acids is 1. The van der Waals surface area contributed by atoms with Gasteiger partial charge in [-0.25, -0.2) is 0 Å². The summed E-state index contributed by atoms with van der Waals surface area (Å²) in [5, 5.41) is 10.2. The van der Waals surface area contributed by atoms with Crippen molar-refractivity contribution >= 4 is 17.6 Å². The lowest BCUT2D eigenvalue weighted by Gasteiger charge is -2.18. The molecule has 0 spiro atoms. The zero-order valence-corrected chi connectivity index (χ0v) is 13.1. The molecule has 2 aromatic rings. The fourth-order valence-electron chi connectivity index (χ4n) is 2.33. The van der Waals surface area contributed by atoms with E-state index in [2.05, 4.69) is 0 Å². The monoisotopic (exact) mass is 320 g/mol. The Bertz CT molecular complexity index is 669. The Hall–Kier alpha value is -2.20. The molecular formula is C17H17ClO4. The van der Waals surface area contributed by atoms with Gasteiger partial charge in [0.1, 0.15) is 11.5 Å². The van der Waals surface area contributed by atoms with Crippen LogP contribution in [0.2, 0.25) is 5.02 Å². The van der Waals surface area contributed by atoms with E-state index in [1.165, 1.54) is 14.2 Å². The predicted octanol–water partition coefficient (Wildman–Crippen LogP) is 3.77. The van der Waals surface area contributed by atoms with Gasteiger partial charge < -0.3 is 14.6 Å². The van der Waals surface area contributed by atoms with Crippen molar-refractivity contribution in [3.05, 3.63) is 58.6 Å². The van der Waals surface area contributed by atoms with E-state index in [9.17, 15) is 9.90 Å². The summed E-state index contributed by atoms with van der Waals surface area (Å²) in [6.07, 6.45) is 0.276. The first kappa shape index (κ1) is 16.2. The van der Waals surface area contributed by atoms with E-state index in [0.29, 0.717) is 22.1 Å². The Morgan fingerprint density at radius 2 is 1.91 bits per heavy atom. The number of benzene rings is 2. The van der Waals surface area contributed by atoms with E-state index < -0.39 is 11.9 Å². The van der Waals surface area contributed by atoms with Gasteiger partial charge in [-0.3, -0.25) is 4.79 Å². The van der Waals surface area contributed by atoms with Crippen LogP contribution < -0.4 is 9.47 Å². The number of carboxylic acids is 1. The van der Waals surface area contributed by atoms with E-state index >= 15 is 0 Å². The van der Waals surface area contributed by atoms with Crippen LogP contribution in [0.5, 0.6) is 11.5 Å². The van der Waals surface area contributed by atoms with Gasteiger partial charge in [-0.05, 0) is 36.2 Å². The fourth-order valence-corrected chi connectivity index (χ4v) is 2.54. The van der Waals surface area contributed by atoms with Gasteiger partial charge in [0.25, 0.3) is 0 Å². The Balaban J connectivity index is 2.44. The summed E-state index contributed by atoms with van der Waals surface area (Å²) in [6, 6.07) is 12.3. The number of hydrogen-bond acceptors (Lipinski definition) is 3. The van der Waals surface area contributed by atoms with Crippen LogP contribution in [0.1, 0.15) is 17.0 Å². The van der Waals surface area contributed by atoms with E-state index in [1.807, 2.05) is 18.2 Å². The highest BCUT2D eigenvalue weighted by Gasteiger charge is 2.25. The molecule has 4 nitrogen and oxygen atoms in total. The zero-order chi connectivity index (χ0) is 16.1. The summed E-state index contributed by atoms with van der Waals surface area (Å²) >= 11 is 6.14. The standard InChI is InChI=1S/C17H17ClO4/c1-21-12-7-8-16(22-2)13(10-12)14(17(19)20)9-11-5-3-4-6-15(11)18/h3-8,10,14H,9H2,1-2H3,(H,19,20). The predicted molar refractivity (Wildman–Crippen MR) is 85.1 cm³/mol. The molecule has 1 N–H and O–H groups in total. The molecule has 0 aliphatic rings. The first-order valence-electron chi connectivity index (χ1n) is 6.75. The molecule has 0 aromatic heterocycles. The van der Waals surface area contributed by atoms with Crippen LogP contribution in [0.25, 0.3) is 0 Å². The molecule has 22 heavy (non-hydrogen) atoms. The molecular weight excluding hydrogens is 304 g/mol. The minimum atomic E-state index is -0.938. The lowest BCUT2D eigenvalue weighted by atomic mass is 9.91. The van der Waals surface area contributed by atoms with Gasteiger partial charge in [0.05, 0.1) is 20.1 Å². The van der Waals surface area contributed by atoms with Crippen LogP contribution in [0.3, 0.4) is 0 Å². The lowest BCUT2D eigenvalue weighted by Crippen LogP contribution is -2.16. The summed E-state index contributed by atoms with van der Waals surface area (Å²) in [6.45, 7) is 0. The molecule has 0 fully saturated rings. The minimum Gasteiger partial charge on any atom is -0.497 e. The fraction of sp³-hybridized carbons (Fsp3) is 0.235. The maximum Gasteiger partial charge on any atom is 0.311 e. The van der Waals surface area contributed by atoms with Crippen molar-refractivity contribution in [3.8, 4) is 11.5 Å². The Morgan fingerprint density at radius 3 is 2.50 bits per heavy atom.